The van der Waals surface area contributed by atoms with Crippen LogP contribution in [0.25, 0.3) is 0 Å². The number of hydrogen-bond donors (Lipinski definition) is 1. The normalized spacial score (nSPS) is 11.9. The summed E-state index contributed by atoms with van der Waals surface area (Å²) in [6, 6.07) is 9.18. The molecule has 1 amide bonds. The van der Waals surface area contributed by atoms with E-state index in [1.807, 2.05) is 39.1 Å². The molecule has 0 bridgehead atoms. The molecule has 2 rings (SSSR count). The van der Waals surface area contributed by atoms with Crippen molar-refractivity contribution in [1.82, 2.24) is 9.88 Å². The average molecular weight is 269 g/mol. The Hall–Kier alpha value is -2.36. The summed E-state index contributed by atoms with van der Waals surface area (Å²) < 4.78 is 0. The van der Waals surface area contributed by atoms with Crippen LogP contribution >= 0.6 is 0 Å². The van der Waals surface area contributed by atoms with E-state index in [1.165, 1.54) is 0 Å². The lowest BCUT2D eigenvalue weighted by atomic mass is 10.0. The van der Waals surface area contributed by atoms with Crippen LogP contribution in [0.15, 0.2) is 42.7 Å². The van der Waals surface area contributed by atoms with Crippen molar-refractivity contribution in [2.75, 3.05) is 12.8 Å². The van der Waals surface area contributed by atoms with Crippen LogP contribution in [-0.2, 0) is 0 Å². The molecule has 0 saturated carbocycles. The van der Waals surface area contributed by atoms with Gasteiger partial charge in [-0.1, -0.05) is 0 Å². The highest BCUT2D eigenvalue weighted by Crippen LogP contribution is 2.22. The molecule has 1 aromatic carbocycles. The van der Waals surface area contributed by atoms with Crippen LogP contribution in [0, 0.1) is 6.92 Å². The third-order valence-electron chi connectivity index (χ3n) is 3.57. The summed E-state index contributed by atoms with van der Waals surface area (Å²) in [5.74, 6) is -0.00758. The second kappa shape index (κ2) is 5.74. The zero-order valence-corrected chi connectivity index (χ0v) is 12.0. The molecule has 4 nitrogen and oxygen atoms in total. The Bertz CT molecular complexity index is 610. The van der Waals surface area contributed by atoms with Crippen LogP contribution in [0.1, 0.15) is 34.5 Å². The van der Waals surface area contributed by atoms with Crippen LogP contribution in [0.5, 0.6) is 0 Å². The predicted octanol–water partition coefficient (Wildman–Crippen LogP) is 2.81. The number of hydrogen-bond acceptors (Lipinski definition) is 3. The number of amides is 1. The lowest BCUT2D eigenvalue weighted by Crippen LogP contribution is -2.30. The van der Waals surface area contributed by atoms with Crippen molar-refractivity contribution >= 4 is 11.6 Å². The first-order valence-corrected chi connectivity index (χ1v) is 6.54. The molecule has 0 radical (unpaired) electrons. The van der Waals surface area contributed by atoms with Crippen LogP contribution in [0.3, 0.4) is 0 Å². The maximum Gasteiger partial charge on any atom is 0.254 e. The fraction of sp³-hybridized carbons (Fsp3) is 0.250. The van der Waals surface area contributed by atoms with Crippen molar-refractivity contribution in [3.63, 3.8) is 0 Å². The maximum atomic E-state index is 12.6. The van der Waals surface area contributed by atoms with E-state index in [9.17, 15) is 4.79 Å². The van der Waals surface area contributed by atoms with Gasteiger partial charge in [0, 0.05) is 30.7 Å². The minimum absolute atomic E-state index is 0.00758. The van der Waals surface area contributed by atoms with Gasteiger partial charge in [0.1, 0.15) is 0 Å². The lowest BCUT2D eigenvalue weighted by Gasteiger charge is -2.26. The van der Waals surface area contributed by atoms with Gasteiger partial charge in [-0.3, -0.25) is 9.78 Å². The number of nitrogens with two attached hydrogens (primary N) is 1. The van der Waals surface area contributed by atoms with E-state index in [0.29, 0.717) is 11.3 Å². The third-order valence-corrected chi connectivity index (χ3v) is 3.57. The molecule has 1 aromatic heterocycles. The van der Waals surface area contributed by atoms with E-state index >= 15 is 0 Å². The summed E-state index contributed by atoms with van der Waals surface area (Å²) in [5.41, 5.74) is 9.03. The number of carbonyl (C=O) groups is 1. The molecule has 0 aliphatic heterocycles. The predicted molar refractivity (Wildman–Crippen MR) is 80.3 cm³/mol. The number of aromatic nitrogens is 1. The molecule has 2 aromatic rings. The Morgan fingerprint density at radius 2 is 1.90 bits per heavy atom. The summed E-state index contributed by atoms with van der Waals surface area (Å²) in [4.78, 5) is 18.3. The van der Waals surface area contributed by atoms with Gasteiger partial charge in [0.05, 0.1) is 6.04 Å². The molecule has 104 valence electrons. The zero-order valence-electron chi connectivity index (χ0n) is 12.0. The van der Waals surface area contributed by atoms with Gasteiger partial charge in [0.25, 0.3) is 5.91 Å². The lowest BCUT2D eigenvalue weighted by molar-refractivity contribution is 0.0742. The van der Waals surface area contributed by atoms with Gasteiger partial charge in [-0.2, -0.15) is 0 Å². The van der Waals surface area contributed by atoms with Crippen LogP contribution < -0.4 is 5.73 Å². The number of benzene rings is 1. The Balaban J connectivity index is 2.24. The fourth-order valence-corrected chi connectivity index (χ4v) is 2.16. The Labute approximate surface area is 119 Å². The number of nitrogen functional groups attached to an aromatic ring is 1. The van der Waals surface area contributed by atoms with Crippen molar-refractivity contribution in [2.45, 2.75) is 19.9 Å². The maximum absolute atomic E-state index is 12.6. The Kier molecular flexibility index (Phi) is 4.03. The Morgan fingerprint density at radius 3 is 2.50 bits per heavy atom. The molecule has 0 saturated heterocycles. The van der Waals surface area contributed by atoms with Crippen molar-refractivity contribution in [1.29, 1.82) is 0 Å². The molecule has 4 heteroatoms. The van der Waals surface area contributed by atoms with E-state index in [4.69, 9.17) is 5.73 Å². The quantitative estimate of drug-likeness (QED) is 0.872. The first kappa shape index (κ1) is 14.1. The monoisotopic (exact) mass is 269 g/mol. The Morgan fingerprint density at radius 1 is 1.25 bits per heavy atom. The number of aryl methyl sites for hydroxylation is 1. The van der Waals surface area contributed by atoms with E-state index in [0.717, 1.165) is 11.1 Å². The topological polar surface area (TPSA) is 59.2 Å². The largest absolute Gasteiger partial charge is 0.399 e. The summed E-state index contributed by atoms with van der Waals surface area (Å²) in [5, 5.41) is 0. The van der Waals surface area contributed by atoms with E-state index in [1.54, 1.807) is 29.4 Å². The fourth-order valence-electron chi connectivity index (χ4n) is 2.16. The molecule has 20 heavy (non-hydrogen) atoms. The number of rotatable bonds is 3. The second-order valence-corrected chi connectivity index (χ2v) is 4.95. The molecule has 1 heterocycles. The van der Waals surface area contributed by atoms with Gasteiger partial charge in [-0.25, -0.2) is 0 Å². The molecule has 0 fully saturated rings. The highest BCUT2D eigenvalue weighted by molar-refractivity contribution is 5.96. The minimum atomic E-state index is -0.0116. The summed E-state index contributed by atoms with van der Waals surface area (Å²) >= 11 is 0. The second-order valence-electron chi connectivity index (χ2n) is 4.95. The molecular formula is C16H19N3O. The van der Waals surface area contributed by atoms with Gasteiger partial charge in [-0.05, 0) is 55.3 Å². The van der Waals surface area contributed by atoms with Gasteiger partial charge in [0.15, 0.2) is 0 Å². The van der Waals surface area contributed by atoms with Crippen molar-refractivity contribution in [3.05, 3.63) is 59.4 Å². The molecule has 2 N–H and O–H groups in total. The van der Waals surface area contributed by atoms with Crippen molar-refractivity contribution in [3.8, 4) is 0 Å². The van der Waals surface area contributed by atoms with Gasteiger partial charge in [-0.15, -0.1) is 0 Å². The van der Waals surface area contributed by atoms with E-state index < -0.39 is 0 Å². The van der Waals surface area contributed by atoms with Crippen LogP contribution in [-0.4, -0.2) is 22.8 Å². The van der Waals surface area contributed by atoms with Crippen LogP contribution in [0.2, 0.25) is 0 Å². The molecular weight excluding hydrogens is 250 g/mol. The van der Waals surface area contributed by atoms with Gasteiger partial charge in [0.2, 0.25) is 0 Å². The van der Waals surface area contributed by atoms with Crippen molar-refractivity contribution < 1.29 is 4.79 Å². The molecule has 0 spiro atoms. The minimum Gasteiger partial charge on any atom is -0.399 e. The summed E-state index contributed by atoms with van der Waals surface area (Å²) in [6.07, 6.45) is 3.47. The highest BCUT2D eigenvalue weighted by Gasteiger charge is 2.20. The van der Waals surface area contributed by atoms with E-state index in [-0.39, 0.29) is 11.9 Å². The first-order chi connectivity index (χ1) is 9.50. The average Bonchev–Trinajstić information content (AvgIpc) is 2.46. The molecule has 0 aliphatic carbocycles. The first-order valence-electron chi connectivity index (χ1n) is 6.54. The highest BCUT2D eigenvalue weighted by atomic mass is 16.2. The zero-order chi connectivity index (χ0) is 14.7. The van der Waals surface area contributed by atoms with Crippen molar-refractivity contribution in [2.24, 2.45) is 0 Å². The molecule has 0 aliphatic rings. The standard InChI is InChI=1S/C16H19N3O/c1-11-10-14(17)4-5-15(11)16(20)19(3)12(2)13-6-8-18-9-7-13/h4-10,12H,17H2,1-3H3. The smallest absolute Gasteiger partial charge is 0.254 e. The number of nitrogens with zero attached hydrogens (tertiary/aromatic N) is 2. The number of carbonyl (C=O) groups excluding carboxylic acids is 1. The summed E-state index contributed by atoms with van der Waals surface area (Å²) in [7, 11) is 1.81. The third kappa shape index (κ3) is 2.79. The van der Waals surface area contributed by atoms with E-state index in [2.05, 4.69) is 4.98 Å². The molecule has 1 atom stereocenters. The number of pyridine rings is 1. The van der Waals surface area contributed by atoms with Gasteiger partial charge < -0.3 is 10.6 Å². The number of anilines is 1. The summed E-state index contributed by atoms with van der Waals surface area (Å²) in [6.45, 7) is 3.90. The SMILES string of the molecule is Cc1cc(N)ccc1C(=O)N(C)C(C)c1ccncc1. The van der Waals surface area contributed by atoms with Gasteiger partial charge >= 0.3 is 0 Å². The molecule has 1 unspecified atom stereocenters. The van der Waals surface area contributed by atoms with Crippen LogP contribution in [0.4, 0.5) is 5.69 Å².